The van der Waals surface area contributed by atoms with Crippen LogP contribution >= 0.6 is 11.6 Å². The summed E-state index contributed by atoms with van der Waals surface area (Å²) in [5, 5.41) is 0.194. The van der Waals surface area contributed by atoms with Crippen LogP contribution in [0.2, 0.25) is 23.3 Å². The lowest BCUT2D eigenvalue weighted by atomic mass is 10.1. The molecule has 2 aromatic rings. The van der Waals surface area contributed by atoms with E-state index in [2.05, 4.69) is 55.4 Å². The van der Waals surface area contributed by atoms with Crippen LogP contribution in [-0.2, 0) is 9.22 Å². The molecule has 0 bridgehead atoms. The zero-order chi connectivity index (χ0) is 20.3. The molecule has 2 aromatic heterocycles. The molecule has 1 fully saturated rings. The van der Waals surface area contributed by atoms with Crippen molar-refractivity contribution in [3.05, 3.63) is 23.6 Å². The van der Waals surface area contributed by atoms with Gasteiger partial charge >= 0.3 is 0 Å². The summed E-state index contributed by atoms with van der Waals surface area (Å²) in [6.07, 6.45) is 1.20. The van der Waals surface area contributed by atoms with E-state index in [1.165, 1.54) is 0 Å². The number of fused-ring (bicyclic) bond motifs is 1. The lowest BCUT2D eigenvalue weighted by Gasteiger charge is -2.39. The molecule has 0 amide bonds. The van der Waals surface area contributed by atoms with Crippen molar-refractivity contribution in [2.75, 3.05) is 5.73 Å². The Kier molecular flexibility index (Phi) is 4.73. The maximum Gasteiger partial charge on any atom is 0.223 e. The predicted molar refractivity (Wildman–Crippen MR) is 109 cm³/mol. The van der Waals surface area contributed by atoms with Gasteiger partial charge in [-0.15, -0.1) is 0 Å². The third kappa shape index (κ3) is 3.19. The van der Waals surface area contributed by atoms with Crippen LogP contribution in [0, 0.1) is 5.92 Å². The number of imidazole rings is 1. The fourth-order valence-electron chi connectivity index (χ4n) is 3.13. The van der Waals surface area contributed by atoms with Crippen LogP contribution in [-0.4, -0.2) is 39.7 Å². The maximum absolute atomic E-state index is 13.1. The first-order chi connectivity index (χ1) is 12.3. The normalized spacial score (nSPS) is 24.2. The molecule has 0 radical (unpaired) electrons. The van der Waals surface area contributed by atoms with Crippen molar-refractivity contribution >= 4 is 42.8 Å². The molecule has 3 rings (SSSR count). The summed E-state index contributed by atoms with van der Waals surface area (Å²) < 4.78 is 8.22. The van der Waals surface area contributed by atoms with Crippen molar-refractivity contribution in [1.82, 2.24) is 19.5 Å². The van der Waals surface area contributed by atoms with Gasteiger partial charge in [0, 0.05) is 5.92 Å². The van der Waals surface area contributed by atoms with E-state index in [0.29, 0.717) is 16.7 Å². The average Bonchev–Trinajstić information content (AvgIpc) is 3.02. The monoisotopic (exact) mass is 407 g/mol. The van der Waals surface area contributed by atoms with Gasteiger partial charge in [0.05, 0.1) is 12.4 Å². The molecule has 0 unspecified atom stereocenters. The van der Waals surface area contributed by atoms with Gasteiger partial charge < -0.3 is 14.7 Å². The van der Waals surface area contributed by atoms with E-state index in [4.69, 9.17) is 21.8 Å². The Bertz CT molecular complexity index is 934. The average molecular weight is 408 g/mol. The molecule has 7 nitrogen and oxygen atoms in total. The standard InChI is InChI=1S/C18H26ClN5O2Si/c1-9-12(24-8-21-11-15(19)22-17(20)23-16(11)24)13(25)10(2)14(9)26-27(6,7)18(3,4)5/h8,10,12,14H,1H2,2-7H3,(H2,20,22,23)/t10-,12+,14-/m0/s1. The highest BCUT2D eigenvalue weighted by atomic mass is 35.5. The second-order valence-corrected chi connectivity index (χ2v) is 13.8. The first kappa shape index (κ1) is 20.0. The summed E-state index contributed by atoms with van der Waals surface area (Å²) in [4.78, 5) is 25.5. The Morgan fingerprint density at radius 1 is 1.33 bits per heavy atom. The number of Topliss-reactive ketones (excluding diaryl/α,β-unsaturated/α-hetero) is 1. The van der Waals surface area contributed by atoms with Crippen molar-refractivity contribution in [2.24, 2.45) is 5.92 Å². The minimum absolute atomic E-state index is 0.0244. The number of halogens is 1. The molecule has 146 valence electrons. The van der Waals surface area contributed by atoms with Gasteiger partial charge in [-0.1, -0.05) is 45.9 Å². The molecular weight excluding hydrogens is 382 g/mol. The highest BCUT2D eigenvalue weighted by Gasteiger charge is 2.49. The number of carbonyl (C=O) groups is 1. The molecule has 1 saturated carbocycles. The van der Waals surface area contributed by atoms with Crippen molar-refractivity contribution in [1.29, 1.82) is 0 Å². The van der Waals surface area contributed by atoms with Crippen LogP contribution in [0.4, 0.5) is 5.95 Å². The minimum atomic E-state index is -2.07. The molecule has 0 saturated heterocycles. The SMILES string of the molecule is C=C1[C@@H](n2cnc3c(Cl)nc(N)nc32)C(=O)[C@H](C)[C@H]1O[Si](C)(C)C(C)(C)C. The highest BCUT2D eigenvalue weighted by Crippen LogP contribution is 2.44. The smallest absolute Gasteiger partial charge is 0.223 e. The molecule has 2 N–H and O–H groups in total. The molecule has 0 aromatic carbocycles. The lowest BCUT2D eigenvalue weighted by molar-refractivity contribution is -0.123. The van der Waals surface area contributed by atoms with E-state index in [9.17, 15) is 4.79 Å². The first-order valence-corrected chi connectivity index (χ1v) is 12.2. The topological polar surface area (TPSA) is 95.9 Å². The number of ketones is 1. The van der Waals surface area contributed by atoms with Crippen molar-refractivity contribution < 1.29 is 9.22 Å². The maximum atomic E-state index is 13.1. The van der Waals surface area contributed by atoms with Crippen LogP contribution < -0.4 is 5.73 Å². The van der Waals surface area contributed by atoms with Crippen LogP contribution in [0.1, 0.15) is 33.7 Å². The molecule has 2 heterocycles. The summed E-state index contributed by atoms with van der Waals surface area (Å²) in [5.41, 5.74) is 7.28. The van der Waals surface area contributed by atoms with Crippen LogP contribution in [0.5, 0.6) is 0 Å². The molecular formula is C18H26ClN5O2Si. The van der Waals surface area contributed by atoms with Gasteiger partial charge in [0.15, 0.2) is 24.9 Å². The number of nitrogens with zero attached hydrogens (tertiary/aromatic N) is 4. The van der Waals surface area contributed by atoms with E-state index >= 15 is 0 Å². The number of nitrogen functional groups attached to an aromatic ring is 1. The van der Waals surface area contributed by atoms with Crippen molar-refractivity contribution in [3.63, 3.8) is 0 Å². The van der Waals surface area contributed by atoms with Crippen molar-refractivity contribution in [2.45, 2.75) is 58.0 Å². The predicted octanol–water partition coefficient (Wildman–Crippen LogP) is 3.77. The molecule has 0 spiro atoms. The van der Waals surface area contributed by atoms with E-state index in [0.717, 1.165) is 0 Å². The van der Waals surface area contributed by atoms with Crippen LogP contribution in [0.3, 0.4) is 0 Å². The second kappa shape index (κ2) is 6.39. The molecule has 1 aliphatic rings. The summed E-state index contributed by atoms with van der Waals surface area (Å²) in [7, 11) is -2.07. The van der Waals surface area contributed by atoms with Gasteiger partial charge in [-0.3, -0.25) is 4.79 Å². The van der Waals surface area contributed by atoms with Gasteiger partial charge in [0.2, 0.25) is 5.95 Å². The van der Waals surface area contributed by atoms with Gasteiger partial charge in [0.25, 0.3) is 0 Å². The Morgan fingerprint density at radius 3 is 2.56 bits per heavy atom. The molecule has 27 heavy (non-hydrogen) atoms. The fourth-order valence-corrected chi connectivity index (χ4v) is 4.70. The molecule has 1 aliphatic carbocycles. The van der Waals surface area contributed by atoms with Gasteiger partial charge in [-0.2, -0.15) is 9.97 Å². The van der Waals surface area contributed by atoms with E-state index < -0.39 is 14.4 Å². The summed E-state index contributed by atoms with van der Waals surface area (Å²) in [5.74, 6) is -0.243. The Labute approximate surface area is 165 Å². The number of hydrogen-bond donors (Lipinski definition) is 1. The van der Waals surface area contributed by atoms with Gasteiger partial charge in [-0.05, 0) is 23.7 Å². The highest BCUT2D eigenvalue weighted by molar-refractivity contribution is 6.74. The quantitative estimate of drug-likeness (QED) is 0.472. The summed E-state index contributed by atoms with van der Waals surface area (Å²) in [6.45, 7) is 17.0. The largest absolute Gasteiger partial charge is 0.409 e. The van der Waals surface area contributed by atoms with E-state index in [1.807, 2.05) is 6.92 Å². The minimum Gasteiger partial charge on any atom is -0.409 e. The van der Waals surface area contributed by atoms with Gasteiger partial charge in [0.1, 0.15) is 11.6 Å². The Morgan fingerprint density at radius 2 is 1.96 bits per heavy atom. The molecule has 0 aliphatic heterocycles. The zero-order valence-electron chi connectivity index (χ0n) is 16.6. The summed E-state index contributed by atoms with van der Waals surface area (Å²) >= 11 is 6.12. The van der Waals surface area contributed by atoms with E-state index in [1.54, 1.807) is 10.9 Å². The first-order valence-electron chi connectivity index (χ1n) is 8.91. The van der Waals surface area contributed by atoms with E-state index in [-0.39, 0.29) is 33.9 Å². The number of hydrogen-bond acceptors (Lipinski definition) is 6. The Hall–Kier alpha value is -1.77. The number of carbonyl (C=O) groups excluding carboxylic acids is 1. The lowest BCUT2D eigenvalue weighted by Crippen LogP contribution is -2.45. The molecule has 3 atom stereocenters. The van der Waals surface area contributed by atoms with Crippen LogP contribution in [0.15, 0.2) is 18.5 Å². The third-order valence-electron chi connectivity index (χ3n) is 5.79. The molecule has 9 heteroatoms. The number of aromatic nitrogens is 4. The second-order valence-electron chi connectivity index (χ2n) is 8.66. The van der Waals surface area contributed by atoms with Crippen LogP contribution in [0.25, 0.3) is 11.2 Å². The fraction of sp³-hybridized carbons (Fsp3) is 0.556. The number of anilines is 1. The van der Waals surface area contributed by atoms with Crippen molar-refractivity contribution in [3.8, 4) is 0 Å². The van der Waals surface area contributed by atoms with Gasteiger partial charge in [-0.25, -0.2) is 4.98 Å². The number of nitrogens with two attached hydrogens (primary N) is 1. The number of rotatable bonds is 3. The summed E-state index contributed by atoms with van der Waals surface area (Å²) in [6, 6.07) is -0.606. The zero-order valence-corrected chi connectivity index (χ0v) is 18.3. The Balaban J connectivity index is 2.02. The third-order valence-corrected chi connectivity index (χ3v) is 10.5.